The highest BCUT2D eigenvalue weighted by Crippen LogP contribution is 2.40. The smallest absolute Gasteiger partial charge is 0.268 e. The zero-order chi connectivity index (χ0) is 23.8. The highest BCUT2D eigenvalue weighted by Gasteiger charge is 2.27. The Morgan fingerprint density at radius 1 is 1.12 bits per heavy atom. The maximum atomic E-state index is 6.12. The van der Waals surface area contributed by atoms with Gasteiger partial charge in [-0.25, -0.2) is 15.0 Å². The summed E-state index contributed by atoms with van der Waals surface area (Å²) in [7, 11) is 0. The molecule has 0 saturated heterocycles. The number of aryl methyl sites for hydroxylation is 4. The van der Waals surface area contributed by atoms with Gasteiger partial charge in [0.25, 0.3) is 6.29 Å². The molecule has 1 atom stereocenters. The Labute approximate surface area is 210 Å². The van der Waals surface area contributed by atoms with Gasteiger partial charge < -0.3 is 19.8 Å². The van der Waals surface area contributed by atoms with E-state index in [9.17, 15) is 0 Å². The largest absolute Gasteiger partial charge is 0.454 e. The molecule has 3 aliphatic rings. The van der Waals surface area contributed by atoms with Crippen molar-refractivity contribution >= 4 is 33.5 Å². The third-order valence-electron chi connectivity index (χ3n) is 5.78. The molecule has 9 heteroatoms. The molecule has 0 bridgehead atoms. The van der Waals surface area contributed by atoms with Gasteiger partial charge >= 0.3 is 0 Å². The third-order valence-corrected chi connectivity index (χ3v) is 7.26. The average Bonchev–Trinajstić information content (AvgIpc) is 3.43. The van der Waals surface area contributed by atoms with Crippen LogP contribution in [0.5, 0.6) is 0 Å². The summed E-state index contributed by atoms with van der Waals surface area (Å²) in [6.07, 6.45) is 3.68. The Morgan fingerprint density at radius 3 is 2.65 bits per heavy atom. The molecule has 0 aromatic heterocycles. The Balaban J connectivity index is 1.34. The molecular formula is C25H24BrN5O2S. The minimum absolute atomic E-state index is 0.358. The molecule has 0 saturated carbocycles. The molecule has 34 heavy (non-hydrogen) atoms. The second kappa shape index (κ2) is 9.31. The molecular weight excluding hydrogens is 514 g/mol. The van der Waals surface area contributed by atoms with E-state index in [1.165, 1.54) is 34.0 Å². The van der Waals surface area contributed by atoms with E-state index in [0.29, 0.717) is 27.6 Å². The summed E-state index contributed by atoms with van der Waals surface area (Å²) < 4.78 is 14.6. The minimum Gasteiger partial charge on any atom is -0.454 e. The predicted octanol–water partition coefficient (Wildman–Crippen LogP) is 5.93. The lowest BCUT2D eigenvalue weighted by Gasteiger charge is -2.14. The van der Waals surface area contributed by atoms with Crippen molar-refractivity contribution in [1.29, 1.82) is 0 Å². The number of halogens is 1. The van der Waals surface area contributed by atoms with Crippen molar-refractivity contribution in [2.75, 3.05) is 5.73 Å². The zero-order valence-corrected chi connectivity index (χ0v) is 21.5. The summed E-state index contributed by atoms with van der Waals surface area (Å²) >= 11 is 4.84. The van der Waals surface area contributed by atoms with Crippen LogP contribution in [0.1, 0.15) is 34.1 Å². The molecule has 3 aliphatic heterocycles. The van der Waals surface area contributed by atoms with Crippen molar-refractivity contribution in [3.05, 3.63) is 86.4 Å². The lowest BCUT2D eigenvalue weighted by atomic mass is 9.97. The number of anilines is 1. The topological polar surface area (TPSA) is 88.1 Å². The number of hydrogen-bond donors (Lipinski definition) is 1. The number of fused-ring (bicyclic) bond motifs is 1. The van der Waals surface area contributed by atoms with Crippen molar-refractivity contribution < 1.29 is 9.47 Å². The first-order valence-corrected chi connectivity index (χ1v) is 12.5. The highest BCUT2D eigenvalue weighted by molar-refractivity contribution is 9.10. The van der Waals surface area contributed by atoms with E-state index < -0.39 is 6.29 Å². The van der Waals surface area contributed by atoms with Crippen molar-refractivity contribution in [1.82, 2.24) is 19.5 Å². The normalized spacial score (nSPS) is 15.3. The van der Waals surface area contributed by atoms with Crippen LogP contribution in [0.15, 0.2) is 63.7 Å². The molecule has 174 valence electrons. The van der Waals surface area contributed by atoms with Gasteiger partial charge in [0.2, 0.25) is 5.09 Å². The SMILES string of the molecule is Cc1cc(C)c(CCn2cnc(N)c3nc(SC4=COC(c5ccccc5Br)O4)nc2-3)c(C)c1. The fourth-order valence-corrected chi connectivity index (χ4v) is 5.36. The van der Waals surface area contributed by atoms with E-state index in [0.717, 1.165) is 23.0 Å². The van der Waals surface area contributed by atoms with Crippen molar-refractivity contribution in [2.24, 2.45) is 0 Å². The van der Waals surface area contributed by atoms with Crippen LogP contribution in [-0.2, 0) is 22.4 Å². The van der Waals surface area contributed by atoms with Gasteiger partial charge in [0, 0.05) is 16.6 Å². The Morgan fingerprint density at radius 2 is 1.88 bits per heavy atom. The highest BCUT2D eigenvalue weighted by atomic mass is 79.9. The van der Waals surface area contributed by atoms with E-state index in [4.69, 9.17) is 20.2 Å². The van der Waals surface area contributed by atoms with Crippen LogP contribution in [0.25, 0.3) is 11.5 Å². The lowest BCUT2D eigenvalue weighted by molar-refractivity contribution is -0.0278. The summed E-state index contributed by atoms with van der Waals surface area (Å²) in [4.78, 5) is 13.7. The van der Waals surface area contributed by atoms with Gasteiger partial charge in [0.1, 0.15) is 6.26 Å². The molecule has 1 unspecified atom stereocenters. The number of aromatic nitrogens is 4. The number of nitrogen functional groups attached to an aromatic ring is 1. The number of ether oxygens (including phenoxy) is 2. The molecule has 2 N–H and O–H groups in total. The number of nitrogens with two attached hydrogens (primary N) is 1. The summed E-state index contributed by atoms with van der Waals surface area (Å²) in [6, 6.07) is 12.2. The number of imidazole rings is 1. The maximum Gasteiger partial charge on any atom is 0.268 e. The number of hydrogen-bond acceptors (Lipinski definition) is 7. The first-order valence-electron chi connectivity index (χ1n) is 10.9. The van der Waals surface area contributed by atoms with Gasteiger partial charge in [-0.1, -0.05) is 51.8 Å². The number of nitrogens with zero attached hydrogens (tertiary/aromatic N) is 4. The first-order chi connectivity index (χ1) is 16.4. The molecule has 0 amide bonds. The van der Waals surface area contributed by atoms with Gasteiger partial charge in [-0.05, 0) is 61.7 Å². The van der Waals surface area contributed by atoms with Crippen molar-refractivity contribution in [3.63, 3.8) is 0 Å². The monoisotopic (exact) mass is 537 g/mol. The lowest BCUT2D eigenvalue weighted by Crippen LogP contribution is -2.11. The van der Waals surface area contributed by atoms with E-state index in [2.05, 4.69) is 58.8 Å². The van der Waals surface area contributed by atoms with E-state index in [1.54, 1.807) is 12.6 Å². The van der Waals surface area contributed by atoms with Gasteiger partial charge in [0.05, 0.1) is 6.33 Å². The molecule has 7 nitrogen and oxygen atoms in total. The molecule has 0 radical (unpaired) electrons. The van der Waals surface area contributed by atoms with Crippen LogP contribution < -0.4 is 5.73 Å². The fourth-order valence-electron chi connectivity index (χ4n) is 4.20. The zero-order valence-electron chi connectivity index (χ0n) is 19.1. The minimum atomic E-state index is -0.514. The van der Waals surface area contributed by atoms with Crippen molar-refractivity contribution in [3.8, 4) is 11.5 Å². The standard InChI is InChI=1S/C25H24BrN5O2S/c1-14-10-15(2)17(16(3)11-14)8-9-31-13-28-22(27)21-23(31)30-25(29-21)34-20-12-32-24(33-20)18-6-4-5-7-19(18)26/h4-7,10-13,24H,8-9,27H2,1-3H3. The molecule has 0 aliphatic carbocycles. The Bertz CT molecular complexity index is 1350. The Kier molecular flexibility index (Phi) is 6.22. The van der Waals surface area contributed by atoms with Gasteiger partial charge in [-0.2, -0.15) is 0 Å². The molecule has 5 rings (SSSR count). The predicted molar refractivity (Wildman–Crippen MR) is 136 cm³/mol. The molecule has 2 aromatic carbocycles. The fraction of sp³-hybridized carbons (Fsp3) is 0.240. The van der Waals surface area contributed by atoms with Crippen LogP contribution in [0.3, 0.4) is 0 Å². The summed E-state index contributed by atoms with van der Waals surface area (Å²) in [5.74, 6) is 1.07. The summed E-state index contributed by atoms with van der Waals surface area (Å²) in [5, 5.41) is 1.12. The summed E-state index contributed by atoms with van der Waals surface area (Å²) in [5.41, 5.74) is 12.8. The van der Waals surface area contributed by atoms with Gasteiger partial charge in [-0.3, -0.25) is 0 Å². The maximum absolute atomic E-state index is 6.12. The van der Waals surface area contributed by atoms with E-state index >= 15 is 0 Å². The quantitative estimate of drug-likeness (QED) is 0.326. The summed E-state index contributed by atoms with van der Waals surface area (Å²) in [6.45, 7) is 7.17. The van der Waals surface area contributed by atoms with Crippen LogP contribution in [-0.4, -0.2) is 19.5 Å². The molecule has 3 heterocycles. The van der Waals surface area contributed by atoms with E-state index in [1.807, 2.05) is 28.8 Å². The van der Waals surface area contributed by atoms with Crippen LogP contribution in [0.4, 0.5) is 5.82 Å². The number of thioether (sulfide) groups is 1. The second-order valence-corrected chi connectivity index (χ2v) is 10.1. The van der Waals surface area contributed by atoms with Crippen LogP contribution in [0, 0.1) is 20.8 Å². The third kappa shape index (κ3) is 4.50. The second-order valence-electron chi connectivity index (χ2n) is 8.28. The number of rotatable bonds is 6. The molecule has 0 fully saturated rings. The van der Waals surface area contributed by atoms with Gasteiger partial charge in [0.15, 0.2) is 22.5 Å². The number of benzene rings is 2. The molecule has 0 spiro atoms. The van der Waals surface area contributed by atoms with Crippen LogP contribution >= 0.6 is 27.7 Å². The first kappa shape index (κ1) is 22.7. The van der Waals surface area contributed by atoms with Crippen molar-refractivity contribution in [2.45, 2.75) is 45.2 Å². The van der Waals surface area contributed by atoms with E-state index in [-0.39, 0.29) is 0 Å². The average molecular weight is 538 g/mol. The molecule has 2 aromatic rings. The Hall–Kier alpha value is -3.04. The van der Waals surface area contributed by atoms with Gasteiger partial charge in [-0.15, -0.1) is 0 Å². The van der Waals surface area contributed by atoms with Crippen LogP contribution in [0.2, 0.25) is 0 Å².